The highest BCUT2D eigenvalue weighted by Gasteiger charge is 2.18. The number of carbonyl (C=O) groups excluding carboxylic acids is 1. The van der Waals surface area contributed by atoms with Crippen molar-refractivity contribution in [1.82, 2.24) is 5.32 Å². The number of rotatable bonds is 10. The predicted octanol–water partition coefficient (Wildman–Crippen LogP) is 3.45. The van der Waals surface area contributed by atoms with Crippen molar-refractivity contribution in [2.24, 2.45) is 10.9 Å². The molecule has 0 spiro atoms. The second-order valence-electron chi connectivity index (χ2n) is 6.08. The molecule has 6 nitrogen and oxygen atoms in total. The van der Waals surface area contributed by atoms with Crippen molar-refractivity contribution in [2.75, 3.05) is 19.7 Å². The van der Waals surface area contributed by atoms with Crippen molar-refractivity contribution in [3.8, 4) is 5.75 Å². The largest absolute Gasteiger partial charge is 0.492 e. The van der Waals surface area contributed by atoms with Gasteiger partial charge in [0.1, 0.15) is 11.5 Å². The van der Waals surface area contributed by atoms with E-state index in [2.05, 4.69) is 10.5 Å². The Morgan fingerprint density at radius 3 is 2.64 bits per heavy atom. The fraction of sp³-hybridized carbons (Fsp3) is 0.300. The van der Waals surface area contributed by atoms with Gasteiger partial charge in [0.2, 0.25) is 0 Å². The van der Waals surface area contributed by atoms with Crippen LogP contribution in [-0.4, -0.2) is 36.5 Å². The first-order chi connectivity index (χ1) is 13.5. The van der Waals surface area contributed by atoms with Crippen molar-refractivity contribution in [2.45, 2.75) is 19.3 Å². The molecule has 0 radical (unpaired) electrons. The Kier molecular flexibility index (Phi) is 9.07. The monoisotopic (exact) mass is 423 g/mol. The van der Waals surface area contributed by atoms with Gasteiger partial charge in [-0.25, -0.2) is 0 Å². The van der Waals surface area contributed by atoms with Crippen LogP contribution in [0.3, 0.4) is 0 Å². The summed E-state index contributed by atoms with van der Waals surface area (Å²) >= 11 is 12.3. The van der Waals surface area contributed by atoms with Crippen molar-refractivity contribution >= 4 is 34.8 Å². The third-order valence-corrected chi connectivity index (χ3v) is 4.46. The van der Waals surface area contributed by atoms with Crippen LogP contribution in [0.2, 0.25) is 10.0 Å². The second kappa shape index (κ2) is 11.5. The fourth-order valence-electron chi connectivity index (χ4n) is 2.57. The number of ether oxygens (including phenoxy) is 1. The molecule has 0 unspecified atom stereocenters. The smallest absolute Gasteiger partial charge is 0.269 e. The van der Waals surface area contributed by atoms with E-state index in [4.69, 9.17) is 33.7 Å². The maximum absolute atomic E-state index is 12.4. The van der Waals surface area contributed by atoms with E-state index in [0.29, 0.717) is 53.9 Å². The molecule has 0 aliphatic rings. The van der Waals surface area contributed by atoms with E-state index < -0.39 is 5.91 Å². The third kappa shape index (κ3) is 6.71. The lowest BCUT2D eigenvalue weighted by Crippen LogP contribution is -2.33. The molecule has 2 rings (SSSR count). The molecule has 0 aliphatic heterocycles. The number of hydrogen-bond donors (Lipinski definition) is 3. The van der Waals surface area contributed by atoms with Crippen molar-refractivity contribution in [1.29, 1.82) is 0 Å². The lowest BCUT2D eigenvalue weighted by molar-refractivity contribution is -0.115. The summed E-state index contributed by atoms with van der Waals surface area (Å²) in [6, 6.07) is 13.0. The van der Waals surface area contributed by atoms with Gasteiger partial charge >= 0.3 is 0 Å². The second-order valence-corrected chi connectivity index (χ2v) is 6.93. The summed E-state index contributed by atoms with van der Waals surface area (Å²) < 4.78 is 5.69. The Morgan fingerprint density at radius 1 is 1.21 bits per heavy atom. The number of benzene rings is 2. The molecule has 0 fully saturated rings. The summed E-state index contributed by atoms with van der Waals surface area (Å²) in [5.41, 5.74) is 7.08. The zero-order valence-corrected chi connectivity index (χ0v) is 16.8. The Balaban J connectivity index is 2.03. The number of nitrogens with two attached hydrogens (primary N) is 1. The minimum Gasteiger partial charge on any atom is -0.492 e. The average molecular weight is 424 g/mol. The summed E-state index contributed by atoms with van der Waals surface area (Å²) in [6.07, 6.45) is 1.34. The number of halogens is 2. The molecule has 0 atom stereocenters. The van der Waals surface area contributed by atoms with E-state index >= 15 is 0 Å². The minimum atomic E-state index is -0.470. The molecule has 2 aromatic rings. The zero-order chi connectivity index (χ0) is 20.4. The number of hydrogen-bond acceptors (Lipinski definition) is 5. The van der Waals surface area contributed by atoms with E-state index in [1.54, 1.807) is 12.1 Å². The lowest BCUT2D eigenvalue weighted by Gasteiger charge is -2.14. The first-order valence-corrected chi connectivity index (χ1v) is 9.64. The summed E-state index contributed by atoms with van der Waals surface area (Å²) in [5, 5.41) is 15.9. The van der Waals surface area contributed by atoms with E-state index in [0.717, 1.165) is 5.56 Å². The van der Waals surface area contributed by atoms with Gasteiger partial charge in [-0.3, -0.25) is 4.79 Å². The molecule has 2 aromatic carbocycles. The normalized spacial score (nSPS) is 11.3. The third-order valence-electron chi connectivity index (χ3n) is 3.96. The molecular formula is C20H23Cl2N3O3. The SMILES string of the molecule is NCCCOc1c(Cl)cc(Cl)cc1C/C(=N\O)C(=O)NCCc1ccccc1. The topological polar surface area (TPSA) is 96.9 Å². The maximum atomic E-state index is 12.4. The van der Waals surface area contributed by atoms with Crippen molar-refractivity contribution < 1.29 is 14.7 Å². The summed E-state index contributed by atoms with van der Waals surface area (Å²) in [5.74, 6) is -0.0693. The van der Waals surface area contributed by atoms with Crippen LogP contribution in [-0.2, 0) is 17.6 Å². The summed E-state index contributed by atoms with van der Waals surface area (Å²) in [6.45, 7) is 1.27. The van der Waals surface area contributed by atoms with Crippen molar-refractivity contribution in [3.05, 3.63) is 63.6 Å². The standard InChI is InChI=1S/C20H23Cl2N3O3/c21-16-11-15(19(17(22)13-16)28-10-4-8-23)12-18(25-27)20(26)24-9-7-14-5-2-1-3-6-14/h1-3,5-6,11,13,27H,4,7-10,12,23H2,(H,24,26)/b25-18+. The predicted molar refractivity (Wildman–Crippen MR) is 112 cm³/mol. The Morgan fingerprint density at radius 2 is 1.96 bits per heavy atom. The molecule has 8 heteroatoms. The van der Waals surface area contributed by atoms with Gasteiger partial charge in [0.15, 0.2) is 0 Å². The van der Waals surface area contributed by atoms with Gasteiger partial charge in [-0.05, 0) is 37.1 Å². The Bertz CT molecular complexity index is 814. The van der Waals surface area contributed by atoms with E-state index in [9.17, 15) is 10.0 Å². The van der Waals surface area contributed by atoms with Crippen LogP contribution < -0.4 is 15.8 Å². The van der Waals surface area contributed by atoms with Crippen LogP contribution in [0, 0.1) is 0 Å². The van der Waals surface area contributed by atoms with Gasteiger partial charge in [-0.1, -0.05) is 58.7 Å². The van der Waals surface area contributed by atoms with E-state index in [-0.39, 0.29) is 12.1 Å². The van der Waals surface area contributed by atoms with Gasteiger partial charge in [0, 0.05) is 23.6 Å². The number of amides is 1. The molecule has 0 saturated heterocycles. The summed E-state index contributed by atoms with van der Waals surface area (Å²) in [4.78, 5) is 12.4. The number of nitrogens with one attached hydrogen (secondary N) is 1. The molecule has 150 valence electrons. The molecule has 0 heterocycles. The highest BCUT2D eigenvalue weighted by molar-refractivity contribution is 6.39. The van der Waals surface area contributed by atoms with Crippen LogP contribution in [0.5, 0.6) is 5.75 Å². The van der Waals surface area contributed by atoms with Gasteiger partial charge in [0.05, 0.1) is 11.6 Å². The molecule has 28 heavy (non-hydrogen) atoms. The van der Waals surface area contributed by atoms with Gasteiger partial charge in [-0.2, -0.15) is 0 Å². The van der Waals surface area contributed by atoms with Gasteiger partial charge in [0.25, 0.3) is 5.91 Å². The number of carbonyl (C=O) groups is 1. The molecule has 0 saturated carbocycles. The van der Waals surface area contributed by atoms with Crippen LogP contribution >= 0.6 is 23.2 Å². The maximum Gasteiger partial charge on any atom is 0.269 e. The number of nitrogens with zero attached hydrogens (tertiary/aromatic N) is 1. The zero-order valence-electron chi connectivity index (χ0n) is 15.3. The Labute approximate surface area is 174 Å². The first kappa shape index (κ1) is 22.0. The van der Waals surface area contributed by atoms with Gasteiger partial charge in [-0.15, -0.1) is 0 Å². The quantitative estimate of drug-likeness (QED) is 0.236. The Hall–Kier alpha value is -2.28. The van der Waals surface area contributed by atoms with Crippen LogP contribution in [0.4, 0.5) is 0 Å². The fourth-order valence-corrected chi connectivity index (χ4v) is 3.16. The molecule has 1 amide bonds. The van der Waals surface area contributed by atoms with E-state index in [1.165, 1.54) is 0 Å². The van der Waals surface area contributed by atoms with Gasteiger partial charge < -0.3 is 21.0 Å². The highest BCUT2D eigenvalue weighted by Crippen LogP contribution is 2.33. The minimum absolute atomic E-state index is 0.0198. The number of oxime groups is 1. The van der Waals surface area contributed by atoms with E-state index in [1.807, 2.05) is 30.3 Å². The summed E-state index contributed by atoms with van der Waals surface area (Å²) in [7, 11) is 0. The molecule has 0 bridgehead atoms. The molecule has 0 aliphatic carbocycles. The van der Waals surface area contributed by atoms with Crippen molar-refractivity contribution in [3.63, 3.8) is 0 Å². The van der Waals surface area contributed by atoms with Crippen LogP contribution in [0.25, 0.3) is 0 Å². The van der Waals surface area contributed by atoms with Crippen LogP contribution in [0.15, 0.2) is 47.6 Å². The first-order valence-electron chi connectivity index (χ1n) is 8.89. The average Bonchev–Trinajstić information content (AvgIpc) is 2.68. The molecule has 4 N–H and O–H groups in total. The molecule has 0 aromatic heterocycles. The van der Waals surface area contributed by atoms with Crippen LogP contribution in [0.1, 0.15) is 17.5 Å². The molecular weight excluding hydrogens is 401 g/mol. The lowest BCUT2D eigenvalue weighted by atomic mass is 10.1. The highest BCUT2D eigenvalue weighted by atomic mass is 35.5.